The number of rotatable bonds is 6. The Morgan fingerprint density at radius 3 is 2.57 bits per heavy atom. The molecule has 2 aliphatic rings. The molecule has 0 radical (unpaired) electrons. The van der Waals surface area contributed by atoms with E-state index < -0.39 is 11.9 Å². The Balaban J connectivity index is 1.89. The predicted molar refractivity (Wildman–Crippen MR) is 81.0 cm³/mol. The number of carbonyl (C=O) groups excluding carboxylic acids is 1. The first-order valence-electron chi connectivity index (χ1n) is 8.34. The molecule has 0 spiro atoms. The number of piperidine rings is 1. The maximum absolute atomic E-state index is 12.1. The van der Waals surface area contributed by atoms with Gasteiger partial charge in [-0.05, 0) is 38.1 Å². The molecular weight excluding hydrogens is 268 g/mol. The van der Waals surface area contributed by atoms with Gasteiger partial charge < -0.3 is 15.3 Å². The summed E-state index contributed by atoms with van der Waals surface area (Å²) in [6.07, 6.45) is 7.15. The minimum atomic E-state index is -0.781. The van der Waals surface area contributed by atoms with E-state index in [0.717, 1.165) is 18.9 Å². The summed E-state index contributed by atoms with van der Waals surface area (Å²) in [7, 11) is 0. The Hall–Kier alpha value is -1.10. The van der Waals surface area contributed by atoms with Crippen LogP contribution >= 0.6 is 0 Å². The van der Waals surface area contributed by atoms with Gasteiger partial charge in [-0.1, -0.05) is 19.8 Å². The van der Waals surface area contributed by atoms with E-state index >= 15 is 0 Å². The molecule has 1 heterocycles. The Morgan fingerprint density at radius 2 is 1.95 bits per heavy atom. The van der Waals surface area contributed by atoms with E-state index in [9.17, 15) is 14.7 Å². The summed E-state index contributed by atoms with van der Waals surface area (Å²) in [6, 6.07) is 0.126. The number of likely N-dealkylation sites (tertiary alicyclic amines) is 1. The van der Waals surface area contributed by atoms with Gasteiger partial charge in [-0.25, -0.2) is 0 Å². The van der Waals surface area contributed by atoms with Crippen LogP contribution in [0.3, 0.4) is 0 Å². The van der Waals surface area contributed by atoms with Gasteiger partial charge in [0.2, 0.25) is 5.91 Å². The van der Waals surface area contributed by atoms with E-state index in [-0.39, 0.29) is 11.9 Å². The molecule has 120 valence electrons. The van der Waals surface area contributed by atoms with Crippen molar-refractivity contribution in [3.8, 4) is 0 Å². The highest BCUT2D eigenvalue weighted by Gasteiger charge is 2.33. The first kappa shape index (κ1) is 16.3. The summed E-state index contributed by atoms with van der Waals surface area (Å²) in [5.74, 6) is -0.386. The van der Waals surface area contributed by atoms with Gasteiger partial charge in [-0.15, -0.1) is 0 Å². The van der Waals surface area contributed by atoms with Crippen LogP contribution in [0.1, 0.15) is 51.9 Å². The van der Waals surface area contributed by atoms with Crippen LogP contribution in [-0.4, -0.2) is 47.6 Å². The van der Waals surface area contributed by atoms with Crippen molar-refractivity contribution in [3.63, 3.8) is 0 Å². The average molecular weight is 296 g/mol. The SMILES string of the molecule is CCCC(=O)N1CC(NCC2CCCC2)CC(C(=O)O)C1. The standard InChI is InChI=1S/C16H28N2O3/c1-2-5-15(19)18-10-13(16(20)21)8-14(11-18)17-9-12-6-3-4-7-12/h12-14,17H,2-11H2,1H3,(H,20,21). The highest BCUT2D eigenvalue weighted by atomic mass is 16.4. The van der Waals surface area contributed by atoms with Crippen molar-refractivity contribution in [2.24, 2.45) is 11.8 Å². The summed E-state index contributed by atoms with van der Waals surface area (Å²) in [6.45, 7) is 3.98. The first-order chi connectivity index (χ1) is 10.1. The lowest BCUT2D eigenvalue weighted by Crippen LogP contribution is -2.53. The van der Waals surface area contributed by atoms with Gasteiger partial charge in [0, 0.05) is 25.6 Å². The highest BCUT2D eigenvalue weighted by Crippen LogP contribution is 2.25. The third-order valence-corrected chi connectivity index (χ3v) is 4.79. The van der Waals surface area contributed by atoms with Crippen LogP contribution < -0.4 is 5.32 Å². The van der Waals surface area contributed by atoms with E-state index in [4.69, 9.17) is 0 Å². The molecule has 0 aromatic heterocycles. The molecular formula is C16H28N2O3. The quantitative estimate of drug-likeness (QED) is 0.785. The molecule has 21 heavy (non-hydrogen) atoms. The molecule has 1 aliphatic heterocycles. The molecule has 2 N–H and O–H groups in total. The Kier molecular flexibility index (Phi) is 6.03. The fourth-order valence-electron chi connectivity index (χ4n) is 3.55. The lowest BCUT2D eigenvalue weighted by Gasteiger charge is -2.37. The topological polar surface area (TPSA) is 69.6 Å². The zero-order chi connectivity index (χ0) is 15.2. The summed E-state index contributed by atoms with van der Waals surface area (Å²) in [5.41, 5.74) is 0. The third kappa shape index (κ3) is 4.70. The lowest BCUT2D eigenvalue weighted by atomic mass is 9.93. The zero-order valence-electron chi connectivity index (χ0n) is 13.0. The van der Waals surface area contributed by atoms with Gasteiger partial charge in [-0.2, -0.15) is 0 Å². The maximum atomic E-state index is 12.1. The summed E-state index contributed by atoms with van der Waals surface area (Å²) < 4.78 is 0. The highest BCUT2D eigenvalue weighted by molar-refractivity contribution is 5.78. The maximum Gasteiger partial charge on any atom is 0.308 e. The van der Waals surface area contributed by atoms with Crippen molar-refractivity contribution in [1.82, 2.24) is 10.2 Å². The first-order valence-corrected chi connectivity index (χ1v) is 8.34. The third-order valence-electron chi connectivity index (χ3n) is 4.79. The summed E-state index contributed by atoms with van der Waals surface area (Å²) in [5, 5.41) is 12.8. The van der Waals surface area contributed by atoms with E-state index in [2.05, 4.69) is 5.32 Å². The van der Waals surface area contributed by atoms with E-state index in [0.29, 0.717) is 25.9 Å². The van der Waals surface area contributed by atoms with E-state index in [1.54, 1.807) is 4.90 Å². The lowest BCUT2D eigenvalue weighted by molar-refractivity contribution is -0.146. The van der Waals surface area contributed by atoms with Gasteiger partial charge in [0.05, 0.1) is 5.92 Å². The second-order valence-electron chi connectivity index (χ2n) is 6.58. The number of amides is 1. The van der Waals surface area contributed by atoms with Crippen molar-refractivity contribution >= 4 is 11.9 Å². The van der Waals surface area contributed by atoms with E-state index in [1.807, 2.05) is 6.92 Å². The number of hydrogen-bond acceptors (Lipinski definition) is 3. The Bertz CT molecular complexity index is 367. The molecule has 2 unspecified atom stereocenters. The van der Waals surface area contributed by atoms with Crippen LogP contribution in [0.25, 0.3) is 0 Å². The normalized spacial score (nSPS) is 27.0. The van der Waals surface area contributed by atoms with Crippen LogP contribution in [0.2, 0.25) is 0 Å². The molecule has 0 aromatic carbocycles. The molecule has 1 aliphatic carbocycles. The molecule has 2 fully saturated rings. The molecule has 1 saturated carbocycles. The fraction of sp³-hybridized carbons (Fsp3) is 0.875. The average Bonchev–Trinajstić information content (AvgIpc) is 2.98. The molecule has 0 bridgehead atoms. The number of nitrogens with one attached hydrogen (secondary N) is 1. The van der Waals surface area contributed by atoms with Crippen molar-refractivity contribution in [1.29, 1.82) is 0 Å². The summed E-state index contributed by atoms with van der Waals surface area (Å²) >= 11 is 0. The molecule has 0 aromatic rings. The number of carbonyl (C=O) groups is 2. The predicted octanol–water partition coefficient (Wildman–Crippen LogP) is 1.87. The van der Waals surface area contributed by atoms with Gasteiger partial charge in [0.25, 0.3) is 0 Å². The van der Waals surface area contributed by atoms with Crippen LogP contribution in [0.4, 0.5) is 0 Å². The van der Waals surface area contributed by atoms with Gasteiger partial charge >= 0.3 is 5.97 Å². The van der Waals surface area contributed by atoms with E-state index in [1.165, 1.54) is 25.7 Å². The fourth-order valence-corrected chi connectivity index (χ4v) is 3.55. The molecule has 2 rings (SSSR count). The molecule has 1 amide bonds. The second-order valence-corrected chi connectivity index (χ2v) is 6.58. The zero-order valence-corrected chi connectivity index (χ0v) is 13.0. The second kappa shape index (κ2) is 7.78. The molecule has 1 saturated heterocycles. The number of nitrogens with zero attached hydrogens (tertiary/aromatic N) is 1. The number of aliphatic carboxylic acids is 1. The number of carboxylic acid groups (broad SMARTS) is 1. The van der Waals surface area contributed by atoms with Crippen molar-refractivity contribution in [2.75, 3.05) is 19.6 Å². The summed E-state index contributed by atoms with van der Waals surface area (Å²) in [4.78, 5) is 25.1. The van der Waals surface area contributed by atoms with Gasteiger partial charge in [0.1, 0.15) is 0 Å². The van der Waals surface area contributed by atoms with Crippen molar-refractivity contribution < 1.29 is 14.7 Å². The largest absolute Gasteiger partial charge is 0.481 e. The van der Waals surface area contributed by atoms with Crippen molar-refractivity contribution in [2.45, 2.75) is 57.9 Å². The van der Waals surface area contributed by atoms with Gasteiger partial charge in [0.15, 0.2) is 0 Å². The van der Waals surface area contributed by atoms with Gasteiger partial charge in [-0.3, -0.25) is 9.59 Å². The van der Waals surface area contributed by atoms with Crippen LogP contribution in [0.5, 0.6) is 0 Å². The van der Waals surface area contributed by atoms with Crippen LogP contribution in [0.15, 0.2) is 0 Å². The van der Waals surface area contributed by atoms with Crippen LogP contribution in [0, 0.1) is 11.8 Å². The Labute approximate surface area is 127 Å². The number of hydrogen-bond donors (Lipinski definition) is 2. The number of carboxylic acids is 1. The molecule has 5 nitrogen and oxygen atoms in total. The molecule has 5 heteroatoms. The smallest absolute Gasteiger partial charge is 0.308 e. The molecule has 2 atom stereocenters. The monoisotopic (exact) mass is 296 g/mol. The Morgan fingerprint density at radius 1 is 1.24 bits per heavy atom. The van der Waals surface area contributed by atoms with Crippen LogP contribution in [-0.2, 0) is 9.59 Å². The van der Waals surface area contributed by atoms with Crippen molar-refractivity contribution in [3.05, 3.63) is 0 Å². The minimum Gasteiger partial charge on any atom is -0.481 e. The minimum absolute atomic E-state index is 0.0936.